The monoisotopic (exact) mass is 733 g/mol. The molecule has 0 bridgehead atoms. The molecule has 2 N–H and O–H groups in total. The van der Waals surface area contributed by atoms with Crippen molar-refractivity contribution in [1.29, 1.82) is 0 Å². The zero-order chi connectivity index (χ0) is 35.6. The van der Waals surface area contributed by atoms with Gasteiger partial charge in [-0.3, -0.25) is 4.18 Å². The fourth-order valence-corrected chi connectivity index (χ4v) is 4.64. The lowest BCUT2D eigenvalue weighted by Gasteiger charge is -2.09. The van der Waals surface area contributed by atoms with Crippen molar-refractivity contribution in [3.63, 3.8) is 0 Å². The third kappa shape index (κ3) is 25.5. The highest BCUT2D eigenvalue weighted by Crippen LogP contribution is 2.13. The Bertz CT molecular complexity index is 1130. The molecule has 0 saturated carbocycles. The maximum atomic E-state index is 12.0. The summed E-state index contributed by atoms with van der Waals surface area (Å²) in [6.45, 7) is 9.33. The quantitative estimate of drug-likeness (QED) is 0.0614. The summed E-state index contributed by atoms with van der Waals surface area (Å²) in [7, 11) is -3.76. The fourth-order valence-electron chi connectivity index (χ4n) is 3.72. The van der Waals surface area contributed by atoms with E-state index in [2.05, 4.69) is 0 Å². The molecule has 2 aromatic rings. The predicted octanol–water partition coefficient (Wildman–Crippen LogP) is 2.22. The van der Waals surface area contributed by atoms with Gasteiger partial charge in [-0.25, -0.2) is 0 Å². The molecule has 0 spiro atoms. The zero-order valence-corrected chi connectivity index (χ0v) is 29.8. The molecule has 0 fully saturated rings. The van der Waals surface area contributed by atoms with Gasteiger partial charge >= 0.3 is 0 Å². The van der Waals surface area contributed by atoms with Crippen LogP contribution in [0.25, 0.3) is 0 Å². The van der Waals surface area contributed by atoms with Gasteiger partial charge in [0.25, 0.3) is 10.1 Å². The Morgan fingerprint density at radius 3 is 1.02 bits per heavy atom. The van der Waals surface area contributed by atoms with Crippen LogP contribution in [0.2, 0.25) is 0 Å². The van der Waals surface area contributed by atoms with Crippen LogP contribution in [-0.4, -0.2) is 154 Å². The van der Waals surface area contributed by atoms with Crippen molar-refractivity contribution in [2.45, 2.75) is 4.90 Å². The van der Waals surface area contributed by atoms with Crippen LogP contribution in [0.15, 0.2) is 59.5 Å². The van der Waals surface area contributed by atoms with Crippen LogP contribution in [0.4, 0.5) is 5.69 Å². The number of nitrogen functional groups attached to an aromatic ring is 1. The smallest absolute Gasteiger partial charge is 0.297 e. The predicted molar refractivity (Wildman–Crippen MR) is 184 cm³/mol. The second kappa shape index (κ2) is 31.3. The molecule has 0 radical (unpaired) electrons. The summed E-state index contributed by atoms with van der Waals surface area (Å²) in [5.41, 5.74) is 6.34. The van der Waals surface area contributed by atoms with Gasteiger partial charge < -0.3 is 57.8 Å². The minimum absolute atomic E-state index is 0.0609. The van der Waals surface area contributed by atoms with Crippen LogP contribution >= 0.6 is 0 Å². The molecule has 0 saturated heterocycles. The number of hydrogen-bond acceptors (Lipinski definition) is 15. The van der Waals surface area contributed by atoms with Crippen LogP contribution in [0.5, 0.6) is 5.75 Å². The van der Waals surface area contributed by atoms with Gasteiger partial charge in [0, 0.05) is 5.69 Å². The summed E-state index contributed by atoms with van der Waals surface area (Å²) in [6.07, 6.45) is 0. The Morgan fingerprint density at radius 1 is 0.380 bits per heavy atom. The Hall–Kier alpha value is -2.45. The third-order valence-corrected chi connectivity index (χ3v) is 7.55. The standard InChI is InChI=1S/C34H55NO14S/c35-32-6-8-33(9-7-32)48-30-28-46-26-24-44-22-20-42-18-16-40-14-12-38-10-11-39-13-15-41-17-19-43-21-23-45-25-27-47-29-31-49-50(36,37)34-4-2-1-3-5-34/h1-9H,10-31,35H2. The first-order chi connectivity index (χ1) is 24.6. The first-order valence-corrected chi connectivity index (χ1v) is 18.2. The second-order valence-corrected chi connectivity index (χ2v) is 11.7. The Morgan fingerprint density at radius 2 is 0.680 bits per heavy atom. The molecular formula is C34H55NO14S. The van der Waals surface area contributed by atoms with Crippen molar-refractivity contribution in [3.8, 4) is 5.75 Å². The van der Waals surface area contributed by atoms with Gasteiger partial charge in [-0.05, 0) is 36.4 Å². The van der Waals surface area contributed by atoms with Crippen LogP contribution in [0.1, 0.15) is 0 Å². The molecule has 0 aromatic heterocycles. The highest BCUT2D eigenvalue weighted by Gasteiger charge is 2.13. The summed E-state index contributed by atoms with van der Waals surface area (Å²) in [5, 5.41) is 0. The number of rotatable bonds is 36. The number of benzene rings is 2. The number of hydrogen-bond donors (Lipinski definition) is 1. The minimum Gasteiger partial charge on any atom is -0.491 e. The number of anilines is 1. The van der Waals surface area contributed by atoms with Crippen molar-refractivity contribution in [1.82, 2.24) is 0 Å². The van der Waals surface area contributed by atoms with Crippen molar-refractivity contribution in [2.75, 3.05) is 151 Å². The van der Waals surface area contributed by atoms with Crippen LogP contribution < -0.4 is 10.5 Å². The van der Waals surface area contributed by atoms with Gasteiger partial charge in [0.2, 0.25) is 0 Å². The van der Waals surface area contributed by atoms with Crippen molar-refractivity contribution >= 4 is 15.8 Å². The number of nitrogens with two attached hydrogens (primary N) is 1. The van der Waals surface area contributed by atoms with E-state index in [1.807, 2.05) is 12.1 Å². The lowest BCUT2D eigenvalue weighted by atomic mass is 10.3. The van der Waals surface area contributed by atoms with E-state index >= 15 is 0 Å². The van der Waals surface area contributed by atoms with Gasteiger partial charge in [0.15, 0.2) is 0 Å². The molecule has 0 heterocycles. The molecule has 0 amide bonds. The SMILES string of the molecule is Nc1ccc(OCCOCCOCCOCCOCCOCCOCCOCCOCCOCCOCCOS(=O)(=O)c2ccccc2)cc1. The summed E-state index contributed by atoms with van der Waals surface area (Å²) >= 11 is 0. The topological polar surface area (TPSA) is 171 Å². The van der Waals surface area contributed by atoms with Crippen LogP contribution in [0, 0.1) is 0 Å². The van der Waals surface area contributed by atoms with Crippen LogP contribution in [0.3, 0.4) is 0 Å². The number of ether oxygens (including phenoxy) is 11. The van der Waals surface area contributed by atoms with E-state index < -0.39 is 10.1 Å². The third-order valence-electron chi connectivity index (χ3n) is 6.22. The fraction of sp³-hybridized carbons (Fsp3) is 0.647. The maximum Gasteiger partial charge on any atom is 0.297 e. The second-order valence-electron chi connectivity index (χ2n) is 10.1. The lowest BCUT2D eigenvalue weighted by molar-refractivity contribution is -0.0269. The van der Waals surface area contributed by atoms with Crippen molar-refractivity contribution in [2.24, 2.45) is 0 Å². The van der Waals surface area contributed by atoms with Gasteiger partial charge in [0.1, 0.15) is 12.4 Å². The molecule has 0 unspecified atom stereocenters. The molecule has 50 heavy (non-hydrogen) atoms. The molecule has 2 rings (SSSR count). The van der Waals surface area contributed by atoms with Gasteiger partial charge in [0.05, 0.1) is 144 Å². The largest absolute Gasteiger partial charge is 0.491 e. The minimum atomic E-state index is -3.76. The molecule has 2 aromatic carbocycles. The summed E-state index contributed by atoms with van der Waals surface area (Å²) in [6, 6.07) is 15.2. The zero-order valence-electron chi connectivity index (χ0n) is 29.0. The summed E-state index contributed by atoms with van der Waals surface area (Å²) in [4.78, 5) is 0.119. The first-order valence-electron chi connectivity index (χ1n) is 16.8. The highest BCUT2D eigenvalue weighted by atomic mass is 32.2. The maximum absolute atomic E-state index is 12.0. The Balaban J connectivity index is 1.16. The van der Waals surface area contributed by atoms with E-state index in [0.717, 1.165) is 5.75 Å². The van der Waals surface area contributed by atoms with E-state index in [1.54, 1.807) is 30.3 Å². The first kappa shape index (κ1) is 43.7. The lowest BCUT2D eigenvalue weighted by Crippen LogP contribution is -2.16. The Labute approximate surface area is 296 Å². The molecule has 0 aliphatic carbocycles. The van der Waals surface area contributed by atoms with E-state index in [1.165, 1.54) is 12.1 Å². The van der Waals surface area contributed by atoms with Gasteiger partial charge in [-0.2, -0.15) is 8.42 Å². The summed E-state index contributed by atoms with van der Waals surface area (Å²) in [5.74, 6) is 0.764. The molecule has 0 aliphatic heterocycles. The van der Waals surface area contributed by atoms with Gasteiger partial charge in [-0.15, -0.1) is 0 Å². The van der Waals surface area contributed by atoms with E-state index in [-0.39, 0.29) is 18.1 Å². The van der Waals surface area contributed by atoms with Crippen molar-refractivity contribution in [3.05, 3.63) is 54.6 Å². The van der Waals surface area contributed by atoms with E-state index in [0.29, 0.717) is 138 Å². The molecule has 16 heteroatoms. The normalized spacial score (nSPS) is 11.7. The average Bonchev–Trinajstić information content (AvgIpc) is 3.13. The van der Waals surface area contributed by atoms with Gasteiger partial charge in [-0.1, -0.05) is 18.2 Å². The van der Waals surface area contributed by atoms with Crippen LogP contribution in [-0.2, 0) is 61.7 Å². The highest BCUT2D eigenvalue weighted by molar-refractivity contribution is 7.86. The summed E-state index contributed by atoms with van der Waals surface area (Å²) < 4.78 is 88.9. The average molecular weight is 734 g/mol. The molecule has 0 atom stereocenters. The van der Waals surface area contributed by atoms with Crippen molar-refractivity contribution < 1.29 is 64.7 Å². The molecule has 0 aliphatic rings. The van der Waals surface area contributed by atoms with E-state index in [9.17, 15) is 8.42 Å². The Kier molecular flexibility index (Phi) is 27.4. The molecular weight excluding hydrogens is 678 g/mol. The molecule has 286 valence electrons. The molecule has 15 nitrogen and oxygen atoms in total. The van der Waals surface area contributed by atoms with E-state index in [4.69, 9.17) is 62.0 Å².